The maximum atomic E-state index is 6.26. The van der Waals surface area contributed by atoms with Crippen LogP contribution in [-0.2, 0) is 13.5 Å². The van der Waals surface area contributed by atoms with Gasteiger partial charge in [0.25, 0.3) is 0 Å². The van der Waals surface area contributed by atoms with Crippen LogP contribution in [0.15, 0.2) is 30.6 Å². The number of nitrogens with two attached hydrogens (primary N) is 1. The lowest BCUT2D eigenvalue weighted by Gasteiger charge is -2.14. The molecule has 0 fully saturated rings. The van der Waals surface area contributed by atoms with Gasteiger partial charge in [-0.3, -0.25) is 0 Å². The van der Waals surface area contributed by atoms with Gasteiger partial charge in [0.2, 0.25) is 0 Å². The normalized spacial score (nSPS) is 12.2. The van der Waals surface area contributed by atoms with Crippen molar-refractivity contribution in [2.24, 2.45) is 12.8 Å². The second kappa shape index (κ2) is 6.43. The van der Waals surface area contributed by atoms with Crippen molar-refractivity contribution in [3.8, 4) is 11.5 Å². The molecule has 0 bridgehead atoms. The summed E-state index contributed by atoms with van der Waals surface area (Å²) in [6.07, 6.45) is 5.40. The van der Waals surface area contributed by atoms with Gasteiger partial charge in [-0.25, -0.2) is 4.98 Å². The highest BCUT2D eigenvalue weighted by atomic mass is 16.5. The number of aromatic nitrogens is 2. The summed E-state index contributed by atoms with van der Waals surface area (Å²) in [6.45, 7) is 0. The van der Waals surface area contributed by atoms with Crippen LogP contribution in [0, 0.1) is 0 Å². The van der Waals surface area contributed by atoms with Crippen molar-refractivity contribution in [3.63, 3.8) is 0 Å². The smallest absolute Gasteiger partial charge is 0.122 e. The third-order valence-corrected chi connectivity index (χ3v) is 3.40. The van der Waals surface area contributed by atoms with E-state index in [2.05, 4.69) is 4.98 Å². The number of benzene rings is 1. The molecule has 0 saturated heterocycles. The minimum atomic E-state index is -0.0734. The van der Waals surface area contributed by atoms with Crippen molar-refractivity contribution in [1.29, 1.82) is 0 Å². The number of hydrogen-bond acceptors (Lipinski definition) is 4. The Morgan fingerprint density at radius 1 is 1.20 bits per heavy atom. The Morgan fingerprint density at radius 3 is 2.35 bits per heavy atom. The van der Waals surface area contributed by atoms with Crippen LogP contribution < -0.4 is 15.2 Å². The molecule has 5 nitrogen and oxygen atoms in total. The molecular formula is C15H21N3O2. The standard InChI is InChI=1S/C15H21N3O2/c1-18-7-6-17-15(18)5-4-14(16)11-8-12(19-2)10-13(9-11)20-3/h6-10,14H,4-5,16H2,1-3H3. The average Bonchev–Trinajstić information content (AvgIpc) is 2.89. The number of hydrogen-bond donors (Lipinski definition) is 1. The summed E-state index contributed by atoms with van der Waals surface area (Å²) in [5.41, 5.74) is 7.27. The maximum absolute atomic E-state index is 6.26. The fourth-order valence-electron chi connectivity index (χ4n) is 2.13. The zero-order valence-electron chi connectivity index (χ0n) is 12.2. The van der Waals surface area contributed by atoms with Crippen LogP contribution in [0.4, 0.5) is 0 Å². The van der Waals surface area contributed by atoms with Gasteiger partial charge in [0.1, 0.15) is 17.3 Å². The van der Waals surface area contributed by atoms with Crippen LogP contribution in [0.25, 0.3) is 0 Å². The molecule has 0 amide bonds. The van der Waals surface area contributed by atoms with E-state index in [4.69, 9.17) is 15.2 Å². The van der Waals surface area contributed by atoms with E-state index in [0.717, 1.165) is 35.7 Å². The number of nitrogens with zero attached hydrogens (tertiary/aromatic N) is 2. The van der Waals surface area contributed by atoms with E-state index in [-0.39, 0.29) is 6.04 Å². The molecular weight excluding hydrogens is 254 g/mol. The second-order valence-electron chi connectivity index (χ2n) is 4.75. The zero-order chi connectivity index (χ0) is 14.5. The van der Waals surface area contributed by atoms with Crippen LogP contribution in [0.3, 0.4) is 0 Å². The average molecular weight is 275 g/mol. The first-order valence-electron chi connectivity index (χ1n) is 6.58. The van der Waals surface area contributed by atoms with Crippen molar-refractivity contribution in [1.82, 2.24) is 9.55 Å². The zero-order valence-corrected chi connectivity index (χ0v) is 12.2. The van der Waals surface area contributed by atoms with Crippen LogP contribution in [0.2, 0.25) is 0 Å². The first-order chi connectivity index (χ1) is 9.63. The van der Waals surface area contributed by atoms with Gasteiger partial charge in [-0.15, -0.1) is 0 Å². The molecule has 20 heavy (non-hydrogen) atoms. The lowest BCUT2D eigenvalue weighted by molar-refractivity contribution is 0.392. The van der Waals surface area contributed by atoms with E-state index in [1.54, 1.807) is 20.4 Å². The topological polar surface area (TPSA) is 62.3 Å². The predicted molar refractivity (Wildman–Crippen MR) is 78.0 cm³/mol. The number of ether oxygens (including phenoxy) is 2. The highest BCUT2D eigenvalue weighted by Gasteiger charge is 2.11. The Labute approximate surface area is 119 Å². The van der Waals surface area contributed by atoms with Gasteiger partial charge < -0.3 is 19.8 Å². The molecule has 108 valence electrons. The molecule has 0 spiro atoms. The minimum Gasteiger partial charge on any atom is -0.497 e. The van der Waals surface area contributed by atoms with Gasteiger partial charge in [-0.2, -0.15) is 0 Å². The molecule has 0 aliphatic rings. The molecule has 0 radical (unpaired) electrons. The van der Waals surface area contributed by atoms with E-state index in [9.17, 15) is 0 Å². The first kappa shape index (κ1) is 14.4. The molecule has 1 heterocycles. The maximum Gasteiger partial charge on any atom is 0.122 e. The Morgan fingerprint density at radius 2 is 1.85 bits per heavy atom. The largest absolute Gasteiger partial charge is 0.497 e. The number of aryl methyl sites for hydroxylation is 2. The molecule has 1 unspecified atom stereocenters. The Bertz CT molecular complexity index is 544. The number of imidazole rings is 1. The van der Waals surface area contributed by atoms with Gasteiger partial charge >= 0.3 is 0 Å². The fourth-order valence-corrected chi connectivity index (χ4v) is 2.13. The van der Waals surface area contributed by atoms with Crippen LogP contribution >= 0.6 is 0 Å². The summed E-state index contributed by atoms with van der Waals surface area (Å²) in [5, 5.41) is 0. The lowest BCUT2D eigenvalue weighted by Crippen LogP contribution is -2.13. The molecule has 2 rings (SSSR count). The molecule has 1 atom stereocenters. The van der Waals surface area contributed by atoms with Gasteiger partial charge in [-0.05, 0) is 24.1 Å². The SMILES string of the molecule is COc1cc(OC)cc(C(N)CCc2nccn2C)c1. The summed E-state index contributed by atoms with van der Waals surface area (Å²) >= 11 is 0. The van der Waals surface area contributed by atoms with Gasteiger partial charge in [0, 0.05) is 38.0 Å². The Balaban J connectivity index is 2.08. The van der Waals surface area contributed by atoms with E-state index >= 15 is 0 Å². The summed E-state index contributed by atoms with van der Waals surface area (Å²) in [4.78, 5) is 4.31. The fraction of sp³-hybridized carbons (Fsp3) is 0.400. The van der Waals surface area contributed by atoms with Gasteiger partial charge in [0.15, 0.2) is 0 Å². The highest BCUT2D eigenvalue weighted by Crippen LogP contribution is 2.27. The number of rotatable bonds is 6. The summed E-state index contributed by atoms with van der Waals surface area (Å²) in [5.74, 6) is 2.55. The molecule has 1 aromatic heterocycles. The summed E-state index contributed by atoms with van der Waals surface area (Å²) in [7, 11) is 5.26. The van der Waals surface area contributed by atoms with Crippen LogP contribution in [0.1, 0.15) is 23.9 Å². The van der Waals surface area contributed by atoms with Crippen molar-refractivity contribution in [3.05, 3.63) is 42.0 Å². The van der Waals surface area contributed by atoms with Crippen molar-refractivity contribution >= 4 is 0 Å². The molecule has 0 saturated carbocycles. The monoisotopic (exact) mass is 275 g/mol. The number of methoxy groups -OCH3 is 2. The molecule has 0 aliphatic heterocycles. The van der Waals surface area contributed by atoms with E-state index in [1.165, 1.54) is 0 Å². The molecule has 0 aliphatic carbocycles. The predicted octanol–water partition coefficient (Wildman–Crippen LogP) is 2.07. The highest BCUT2D eigenvalue weighted by molar-refractivity contribution is 5.39. The van der Waals surface area contributed by atoms with Crippen LogP contribution in [-0.4, -0.2) is 23.8 Å². The lowest BCUT2D eigenvalue weighted by atomic mass is 10.0. The van der Waals surface area contributed by atoms with Gasteiger partial charge in [-0.1, -0.05) is 0 Å². The first-order valence-corrected chi connectivity index (χ1v) is 6.58. The van der Waals surface area contributed by atoms with Crippen molar-refractivity contribution < 1.29 is 9.47 Å². The molecule has 1 aromatic carbocycles. The van der Waals surface area contributed by atoms with Crippen molar-refractivity contribution in [2.45, 2.75) is 18.9 Å². The molecule has 2 N–H and O–H groups in total. The summed E-state index contributed by atoms with van der Waals surface area (Å²) < 4.78 is 12.5. The van der Waals surface area contributed by atoms with Crippen LogP contribution in [0.5, 0.6) is 11.5 Å². The quantitative estimate of drug-likeness (QED) is 0.876. The Hall–Kier alpha value is -2.01. The second-order valence-corrected chi connectivity index (χ2v) is 4.75. The van der Waals surface area contributed by atoms with Crippen molar-refractivity contribution in [2.75, 3.05) is 14.2 Å². The Kier molecular flexibility index (Phi) is 4.63. The minimum absolute atomic E-state index is 0.0734. The molecule has 5 heteroatoms. The third-order valence-electron chi connectivity index (χ3n) is 3.40. The summed E-state index contributed by atoms with van der Waals surface area (Å²) in [6, 6.07) is 5.67. The third kappa shape index (κ3) is 3.30. The van der Waals surface area contributed by atoms with E-state index in [1.807, 2.05) is 36.0 Å². The van der Waals surface area contributed by atoms with E-state index < -0.39 is 0 Å². The van der Waals surface area contributed by atoms with Gasteiger partial charge in [0.05, 0.1) is 14.2 Å². The van der Waals surface area contributed by atoms with E-state index in [0.29, 0.717) is 0 Å². The molecule has 2 aromatic rings.